The van der Waals surface area contributed by atoms with Gasteiger partial charge in [-0.2, -0.15) is 30.6 Å². The van der Waals surface area contributed by atoms with Gasteiger partial charge in [0.15, 0.2) is 0 Å². The SMILES string of the molecule is N#CC[C@]1(n2ncc(-c3cc(-c4cn[nH]c4)cc4ncccc34)n2)C[C@H](C#N)C1. The first-order valence-corrected chi connectivity index (χ1v) is 9.30. The molecule has 1 aliphatic rings. The minimum atomic E-state index is -0.496. The molecular formula is C21H16N8. The first-order chi connectivity index (χ1) is 14.2. The molecule has 140 valence electrons. The minimum Gasteiger partial charge on any atom is -0.285 e. The summed E-state index contributed by atoms with van der Waals surface area (Å²) in [6.07, 6.45) is 8.58. The molecule has 3 heterocycles. The Bertz CT molecular complexity index is 1270. The van der Waals surface area contributed by atoms with Crippen LogP contribution in [0.2, 0.25) is 0 Å². The predicted octanol–water partition coefficient (Wildman–Crippen LogP) is 3.43. The van der Waals surface area contributed by atoms with Crippen LogP contribution < -0.4 is 0 Å². The predicted molar refractivity (Wildman–Crippen MR) is 105 cm³/mol. The monoisotopic (exact) mass is 380 g/mol. The van der Waals surface area contributed by atoms with E-state index in [1.54, 1.807) is 23.4 Å². The van der Waals surface area contributed by atoms with Crippen molar-refractivity contribution >= 4 is 10.9 Å². The second-order valence-corrected chi connectivity index (χ2v) is 7.39. The quantitative estimate of drug-likeness (QED) is 0.579. The zero-order valence-electron chi connectivity index (χ0n) is 15.4. The number of pyridine rings is 1. The largest absolute Gasteiger partial charge is 0.285 e. The number of H-pyrrole nitrogens is 1. The molecule has 1 aromatic carbocycles. The van der Waals surface area contributed by atoms with Crippen molar-refractivity contribution in [2.24, 2.45) is 5.92 Å². The summed E-state index contributed by atoms with van der Waals surface area (Å²) in [5, 5.41) is 35.5. The fraction of sp³-hybridized carbons (Fsp3) is 0.238. The number of hydrogen-bond acceptors (Lipinski definition) is 6. The van der Waals surface area contributed by atoms with E-state index in [4.69, 9.17) is 10.4 Å². The van der Waals surface area contributed by atoms with Crippen molar-refractivity contribution in [2.75, 3.05) is 0 Å². The van der Waals surface area contributed by atoms with Crippen LogP contribution in [0.5, 0.6) is 0 Å². The van der Waals surface area contributed by atoms with E-state index in [1.165, 1.54) is 0 Å². The van der Waals surface area contributed by atoms with Gasteiger partial charge in [-0.25, -0.2) is 0 Å². The Balaban J connectivity index is 1.62. The number of hydrogen-bond donors (Lipinski definition) is 1. The Morgan fingerprint density at radius 1 is 1.21 bits per heavy atom. The highest BCUT2D eigenvalue weighted by Gasteiger charge is 2.48. The normalized spacial score (nSPS) is 20.7. The molecule has 1 aliphatic carbocycles. The molecule has 0 bridgehead atoms. The second kappa shape index (κ2) is 6.54. The molecule has 0 spiro atoms. The molecule has 5 rings (SSSR count). The van der Waals surface area contributed by atoms with Crippen molar-refractivity contribution in [3.05, 3.63) is 49.1 Å². The first-order valence-electron chi connectivity index (χ1n) is 9.30. The third-order valence-corrected chi connectivity index (χ3v) is 5.59. The minimum absolute atomic E-state index is 0.0488. The number of nitriles is 2. The van der Waals surface area contributed by atoms with Crippen molar-refractivity contribution in [3.8, 4) is 34.5 Å². The summed E-state index contributed by atoms with van der Waals surface area (Å²) in [7, 11) is 0. The Morgan fingerprint density at radius 2 is 2.10 bits per heavy atom. The molecule has 4 aromatic rings. The zero-order valence-corrected chi connectivity index (χ0v) is 15.4. The maximum atomic E-state index is 9.28. The highest BCUT2D eigenvalue weighted by atomic mass is 15.5. The lowest BCUT2D eigenvalue weighted by atomic mass is 9.68. The molecular weight excluding hydrogens is 364 g/mol. The van der Waals surface area contributed by atoms with E-state index in [0.29, 0.717) is 18.5 Å². The molecule has 29 heavy (non-hydrogen) atoms. The summed E-state index contributed by atoms with van der Waals surface area (Å²) < 4.78 is 0. The van der Waals surface area contributed by atoms with E-state index in [1.807, 2.05) is 24.4 Å². The van der Waals surface area contributed by atoms with Crippen LogP contribution >= 0.6 is 0 Å². The highest BCUT2D eigenvalue weighted by molar-refractivity contribution is 5.97. The number of aromatic nitrogens is 6. The molecule has 0 aliphatic heterocycles. The summed E-state index contributed by atoms with van der Waals surface area (Å²) >= 11 is 0. The van der Waals surface area contributed by atoms with Crippen molar-refractivity contribution in [3.63, 3.8) is 0 Å². The van der Waals surface area contributed by atoms with E-state index in [-0.39, 0.29) is 12.3 Å². The average molecular weight is 380 g/mol. The zero-order chi connectivity index (χ0) is 19.8. The topological polar surface area (TPSA) is 120 Å². The lowest BCUT2D eigenvalue weighted by Gasteiger charge is -2.42. The number of benzene rings is 1. The maximum absolute atomic E-state index is 9.28. The molecule has 0 saturated heterocycles. The van der Waals surface area contributed by atoms with E-state index in [2.05, 4.69) is 38.5 Å². The first kappa shape index (κ1) is 17.1. The van der Waals surface area contributed by atoms with Gasteiger partial charge in [0, 0.05) is 28.9 Å². The standard InChI is InChI=1S/C21H16N8/c22-4-3-21(8-14(9-21)10-23)29-27-13-20(28-29)18-6-15(16-11-25-26-12-16)7-19-17(18)2-1-5-24-19/h1-2,5-7,11-14H,3,8-9H2,(H,25,26)/t14-,21-. The molecule has 0 unspecified atom stereocenters. The summed E-state index contributed by atoms with van der Waals surface area (Å²) in [5.41, 5.74) is 3.93. The van der Waals surface area contributed by atoms with Crippen LogP contribution in [0.25, 0.3) is 33.3 Å². The van der Waals surface area contributed by atoms with E-state index in [9.17, 15) is 5.26 Å². The van der Waals surface area contributed by atoms with Gasteiger partial charge >= 0.3 is 0 Å². The number of aromatic amines is 1. The van der Waals surface area contributed by atoms with Gasteiger partial charge in [0.05, 0.1) is 47.9 Å². The number of nitrogens with one attached hydrogen (secondary N) is 1. The van der Waals surface area contributed by atoms with Crippen molar-refractivity contribution < 1.29 is 0 Å². The van der Waals surface area contributed by atoms with Gasteiger partial charge < -0.3 is 0 Å². The van der Waals surface area contributed by atoms with Crippen molar-refractivity contribution in [1.82, 2.24) is 30.2 Å². The molecule has 1 N–H and O–H groups in total. The van der Waals surface area contributed by atoms with Crippen molar-refractivity contribution in [1.29, 1.82) is 10.5 Å². The number of fused-ring (bicyclic) bond motifs is 1. The Morgan fingerprint density at radius 3 is 2.86 bits per heavy atom. The third-order valence-electron chi connectivity index (χ3n) is 5.59. The lowest BCUT2D eigenvalue weighted by molar-refractivity contribution is 0.0713. The highest BCUT2D eigenvalue weighted by Crippen LogP contribution is 2.45. The van der Waals surface area contributed by atoms with E-state index < -0.39 is 5.54 Å². The van der Waals surface area contributed by atoms with Gasteiger partial charge in [-0.1, -0.05) is 6.07 Å². The fourth-order valence-corrected chi connectivity index (χ4v) is 4.06. The molecule has 8 nitrogen and oxygen atoms in total. The van der Waals surface area contributed by atoms with Gasteiger partial charge in [0.2, 0.25) is 0 Å². The molecule has 0 amide bonds. The fourth-order valence-electron chi connectivity index (χ4n) is 4.06. The molecule has 8 heteroatoms. The maximum Gasteiger partial charge on any atom is 0.113 e. The molecule has 3 aromatic heterocycles. The number of nitrogens with zero attached hydrogens (tertiary/aromatic N) is 7. The van der Waals surface area contributed by atoms with E-state index >= 15 is 0 Å². The summed E-state index contributed by atoms with van der Waals surface area (Å²) in [6, 6.07) is 12.5. The van der Waals surface area contributed by atoms with Crippen LogP contribution in [0.15, 0.2) is 49.1 Å². The summed E-state index contributed by atoms with van der Waals surface area (Å²) in [4.78, 5) is 6.14. The Kier molecular flexibility index (Phi) is 3.85. The van der Waals surface area contributed by atoms with Gasteiger partial charge in [-0.15, -0.1) is 0 Å². The van der Waals surface area contributed by atoms with Crippen LogP contribution in [0.1, 0.15) is 19.3 Å². The van der Waals surface area contributed by atoms with Crippen molar-refractivity contribution in [2.45, 2.75) is 24.8 Å². The molecule has 0 radical (unpaired) electrons. The molecule has 1 saturated carbocycles. The smallest absolute Gasteiger partial charge is 0.113 e. The molecule has 1 fully saturated rings. The lowest BCUT2D eigenvalue weighted by Crippen LogP contribution is -2.47. The van der Waals surface area contributed by atoms with Crippen LogP contribution in [0, 0.1) is 28.6 Å². The van der Waals surface area contributed by atoms with E-state index in [0.717, 1.165) is 27.6 Å². The molecule has 0 atom stereocenters. The van der Waals surface area contributed by atoms with Gasteiger partial charge in [0.1, 0.15) is 5.69 Å². The Hall–Kier alpha value is -4.04. The average Bonchev–Trinajstić information content (AvgIpc) is 3.42. The van der Waals surface area contributed by atoms with Crippen LogP contribution in [0.3, 0.4) is 0 Å². The Labute approximate surface area is 166 Å². The van der Waals surface area contributed by atoms with Crippen LogP contribution in [0.4, 0.5) is 0 Å². The number of rotatable bonds is 4. The third kappa shape index (κ3) is 2.74. The van der Waals surface area contributed by atoms with Crippen LogP contribution in [-0.4, -0.2) is 30.2 Å². The summed E-state index contributed by atoms with van der Waals surface area (Å²) in [5.74, 6) is -0.0488. The van der Waals surface area contributed by atoms with Crippen LogP contribution in [-0.2, 0) is 5.54 Å². The van der Waals surface area contributed by atoms with Gasteiger partial charge in [0.25, 0.3) is 0 Å². The summed E-state index contributed by atoms with van der Waals surface area (Å²) in [6.45, 7) is 0. The second-order valence-electron chi connectivity index (χ2n) is 7.39. The van der Waals surface area contributed by atoms with Gasteiger partial charge in [-0.05, 0) is 36.6 Å². The van der Waals surface area contributed by atoms with Gasteiger partial charge in [-0.3, -0.25) is 10.1 Å².